The van der Waals surface area contributed by atoms with Gasteiger partial charge in [0.05, 0.1) is 12.2 Å². The first-order chi connectivity index (χ1) is 10.6. The number of carbonyl (C=O) groups is 1. The Labute approximate surface area is 137 Å². The maximum atomic E-state index is 12.2. The molecule has 0 bridgehead atoms. The van der Waals surface area contributed by atoms with Crippen LogP contribution in [-0.2, 0) is 11.8 Å². The number of aryl methyl sites for hydroxylation is 2. The summed E-state index contributed by atoms with van der Waals surface area (Å²) >= 11 is 7.68. The van der Waals surface area contributed by atoms with E-state index in [1.54, 1.807) is 10.2 Å². The van der Waals surface area contributed by atoms with Gasteiger partial charge in [-0.25, -0.2) is 0 Å². The number of hydrogen-bond donors (Lipinski definition) is 1. The highest BCUT2D eigenvalue weighted by atomic mass is 35.5. The third kappa shape index (κ3) is 2.99. The van der Waals surface area contributed by atoms with Crippen molar-refractivity contribution in [2.45, 2.75) is 25.8 Å². The number of likely N-dealkylation sites (tertiary alicyclic amines) is 1. The average Bonchev–Trinajstić information content (AvgIpc) is 3.15. The first kappa shape index (κ1) is 15.4. The number of aromatic nitrogens is 4. The molecule has 118 valence electrons. The lowest BCUT2D eigenvalue weighted by atomic mass is 10.1. The van der Waals surface area contributed by atoms with Gasteiger partial charge in [-0.3, -0.25) is 19.7 Å². The van der Waals surface area contributed by atoms with E-state index < -0.39 is 0 Å². The van der Waals surface area contributed by atoms with Crippen molar-refractivity contribution in [3.63, 3.8) is 0 Å². The van der Waals surface area contributed by atoms with E-state index >= 15 is 0 Å². The number of nitrogens with one attached hydrogen (secondary N) is 1. The lowest BCUT2D eigenvalue weighted by Crippen LogP contribution is -2.33. The van der Waals surface area contributed by atoms with Gasteiger partial charge in [0.1, 0.15) is 10.7 Å². The lowest BCUT2D eigenvalue weighted by Gasteiger charge is -2.23. The summed E-state index contributed by atoms with van der Waals surface area (Å²) in [7, 11) is 1.83. The zero-order valence-electron chi connectivity index (χ0n) is 12.4. The van der Waals surface area contributed by atoms with Gasteiger partial charge >= 0.3 is 0 Å². The number of hydrogen-bond acceptors (Lipinski definition) is 6. The fraction of sp³-hybridized carbons (Fsp3) is 0.538. The molecule has 1 amide bonds. The van der Waals surface area contributed by atoms with Gasteiger partial charge in [0, 0.05) is 18.7 Å². The van der Waals surface area contributed by atoms with E-state index in [-0.39, 0.29) is 11.9 Å². The number of carbonyl (C=O) groups excluding carboxylic acids is 1. The molecule has 22 heavy (non-hydrogen) atoms. The second-order valence-corrected chi connectivity index (χ2v) is 6.53. The van der Waals surface area contributed by atoms with Crippen LogP contribution in [0.25, 0.3) is 0 Å². The highest BCUT2D eigenvalue weighted by molar-refractivity contribution is 7.13. The smallest absolute Gasteiger partial charge is 0.240 e. The molecule has 2 aromatic rings. The summed E-state index contributed by atoms with van der Waals surface area (Å²) in [5, 5.41) is 15.8. The van der Waals surface area contributed by atoms with E-state index in [0.717, 1.165) is 30.6 Å². The molecule has 1 fully saturated rings. The van der Waals surface area contributed by atoms with E-state index in [1.807, 2.05) is 14.0 Å². The van der Waals surface area contributed by atoms with Crippen molar-refractivity contribution in [3.05, 3.63) is 21.9 Å². The van der Waals surface area contributed by atoms with Gasteiger partial charge in [-0.2, -0.15) is 5.10 Å². The molecule has 0 aliphatic carbocycles. The van der Waals surface area contributed by atoms with Gasteiger partial charge in [0.25, 0.3) is 0 Å². The highest BCUT2D eigenvalue weighted by Gasteiger charge is 2.32. The molecule has 3 heterocycles. The van der Waals surface area contributed by atoms with Crippen molar-refractivity contribution in [1.82, 2.24) is 24.9 Å². The molecule has 1 aliphatic rings. The maximum Gasteiger partial charge on any atom is 0.240 e. The van der Waals surface area contributed by atoms with Crippen LogP contribution in [-0.4, -0.2) is 43.9 Å². The molecular weight excluding hydrogens is 324 g/mol. The van der Waals surface area contributed by atoms with E-state index in [0.29, 0.717) is 16.8 Å². The molecule has 1 atom stereocenters. The highest BCUT2D eigenvalue weighted by Crippen LogP contribution is 2.37. The average molecular weight is 341 g/mol. The molecule has 0 saturated carbocycles. The van der Waals surface area contributed by atoms with Crippen molar-refractivity contribution in [2.24, 2.45) is 7.05 Å². The summed E-state index contributed by atoms with van der Waals surface area (Å²) in [5.41, 5.74) is 3.55. The second kappa shape index (κ2) is 6.31. The molecule has 2 aromatic heterocycles. The topological polar surface area (TPSA) is 75.9 Å². The molecule has 9 heteroatoms. The zero-order valence-corrected chi connectivity index (χ0v) is 14.0. The molecule has 0 unspecified atom stereocenters. The van der Waals surface area contributed by atoms with E-state index in [4.69, 9.17) is 11.6 Å². The van der Waals surface area contributed by atoms with Crippen LogP contribution in [0.3, 0.4) is 0 Å². The van der Waals surface area contributed by atoms with Crippen LogP contribution in [0.2, 0.25) is 5.15 Å². The molecule has 1 aliphatic heterocycles. The maximum absolute atomic E-state index is 12.2. The van der Waals surface area contributed by atoms with Crippen molar-refractivity contribution >= 4 is 34.0 Å². The summed E-state index contributed by atoms with van der Waals surface area (Å²) in [4.78, 5) is 14.3. The van der Waals surface area contributed by atoms with Crippen LogP contribution in [0.15, 0.2) is 5.51 Å². The van der Waals surface area contributed by atoms with Gasteiger partial charge in [-0.15, -0.1) is 10.2 Å². The lowest BCUT2D eigenvalue weighted by molar-refractivity contribution is -0.117. The van der Waals surface area contributed by atoms with Gasteiger partial charge < -0.3 is 0 Å². The fourth-order valence-corrected chi connectivity index (χ4v) is 3.70. The Hall–Kier alpha value is -1.51. The van der Waals surface area contributed by atoms with Crippen LogP contribution in [0, 0.1) is 6.92 Å². The largest absolute Gasteiger partial charge is 0.299 e. The Kier molecular flexibility index (Phi) is 4.42. The quantitative estimate of drug-likeness (QED) is 0.921. The van der Waals surface area contributed by atoms with E-state index in [9.17, 15) is 4.79 Å². The Morgan fingerprint density at radius 1 is 1.59 bits per heavy atom. The van der Waals surface area contributed by atoms with Crippen LogP contribution in [0.4, 0.5) is 5.13 Å². The summed E-state index contributed by atoms with van der Waals surface area (Å²) in [6.07, 6.45) is 2.03. The minimum absolute atomic E-state index is 0.0821. The summed E-state index contributed by atoms with van der Waals surface area (Å²) < 4.78 is 1.68. The summed E-state index contributed by atoms with van der Waals surface area (Å²) in [6, 6.07) is 0.140. The Morgan fingerprint density at radius 3 is 3.05 bits per heavy atom. The predicted molar refractivity (Wildman–Crippen MR) is 85.0 cm³/mol. The van der Waals surface area contributed by atoms with Gasteiger partial charge in [-0.05, 0) is 26.3 Å². The number of rotatable bonds is 4. The third-order valence-electron chi connectivity index (χ3n) is 3.85. The van der Waals surface area contributed by atoms with Crippen LogP contribution < -0.4 is 5.32 Å². The van der Waals surface area contributed by atoms with Gasteiger partial charge in [0.15, 0.2) is 0 Å². The normalized spacial score (nSPS) is 18.8. The minimum Gasteiger partial charge on any atom is -0.299 e. The number of anilines is 1. The van der Waals surface area contributed by atoms with Crippen molar-refractivity contribution in [1.29, 1.82) is 0 Å². The number of halogens is 1. The third-order valence-corrected chi connectivity index (χ3v) is 4.90. The van der Waals surface area contributed by atoms with Crippen molar-refractivity contribution < 1.29 is 4.79 Å². The zero-order chi connectivity index (χ0) is 15.7. The van der Waals surface area contributed by atoms with E-state index in [2.05, 4.69) is 25.5 Å². The molecule has 1 N–H and O–H groups in total. The molecule has 1 saturated heterocycles. The molecule has 0 radical (unpaired) electrons. The SMILES string of the molecule is Cc1nn(C)c(Cl)c1[C@H]1CCCN1CC(=O)Nc1nncs1. The molecule has 7 nitrogen and oxygen atoms in total. The van der Waals surface area contributed by atoms with Crippen LogP contribution in [0.1, 0.15) is 30.1 Å². The Morgan fingerprint density at radius 2 is 2.41 bits per heavy atom. The monoisotopic (exact) mass is 340 g/mol. The standard InChI is InChI=1S/C13H17ClN6OS/c1-8-11(12(14)19(2)18-8)9-4-3-5-20(9)6-10(21)16-13-17-15-7-22-13/h7,9H,3-6H2,1-2H3,(H,16,17,21)/t9-/m1/s1. The summed E-state index contributed by atoms with van der Waals surface area (Å²) in [6.45, 7) is 3.15. The molecular formula is C13H17ClN6OS. The Bertz CT molecular complexity index is 670. The Balaban J connectivity index is 1.72. The molecule has 3 rings (SSSR count). The number of nitrogens with zero attached hydrogens (tertiary/aromatic N) is 5. The molecule has 0 spiro atoms. The van der Waals surface area contributed by atoms with Crippen molar-refractivity contribution in [3.8, 4) is 0 Å². The van der Waals surface area contributed by atoms with Gasteiger partial charge in [0.2, 0.25) is 11.0 Å². The van der Waals surface area contributed by atoms with Crippen LogP contribution in [0.5, 0.6) is 0 Å². The van der Waals surface area contributed by atoms with Crippen LogP contribution >= 0.6 is 22.9 Å². The van der Waals surface area contributed by atoms with Gasteiger partial charge in [-0.1, -0.05) is 22.9 Å². The first-order valence-electron chi connectivity index (χ1n) is 7.05. The van der Waals surface area contributed by atoms with E-state index in [1.165, 1.54) is 11.3 Å². The number of amides is 1. The molecule has 0 aromatic carbocycles. The second-order valence-electron chi connectivity index (χ2n) is 5.33. The minimum atomic E-state index is -0.0821. The summed E-state index contributed by atoms with van der Waals surface area (Å²) in [5.74, 6) is -0.0821. The fourth-order valence-electron chi connectivity index (χ4n) is 2.94. The predicted octanol–water partition coefficient (Wildman–Crippen LogP) is 2.01. The first-order valence-corrected chi connectivity index (χ1v) is 8.31. The van der Waals surface area contributed by atoms with Crippen molar-refractivity contribution in [2.75, 3.05) is 18.4 Å².